The third kappa shape index (κ3) is 3.90. The molecule has 0 amide bonds. The summed E-state index contributed by atoms with van der Waals surface area (Å²) in [7, 11) is 0. The molecule has 0 unspecified atom stereocenters. The molecule has 0 atom stereocenters. The lowest BCUT2D eigenvalue weighted by Crippen LogP contribution is -2.04. The molecule has 3 N–H and O–H groups in total. The SMILES string of the molecule is NCCCCc1c(-c2cccc(C(F)(F)F)c2)[nH]c2ccc(Br)cc12. The van der Waals surface area contributed by atoms with Gasteiger partial charge in [-0.1, -0.05) is 28.1 Å². The first-order valence-electron chi connectivity index (χ1n) is 8.08. The molecule has 6 heteroatoms. The molecular formula is C19H18BrF3N2. The summed E-state index contributed by atoms with van der Waals surface area (Å²) in [5, 5.41) is 1.03. The fourth-order valence-corrected chi connectivity index (χ4v) is 3.38. The van der Waals surface area contributed by atoms with Crippen molar-refractivity contribution in [2.24, 2.45) is 5.73 Å². The van der Waals surface area contributed by atoms with Crippen LogP contribution in [-0.4, -0.2) is 11.5 Å². The Labute approximate surface area is 152 Å². The van der Waals surface area contributed by atoms with Gasteiger partial charge >= 0.3 is 6.18 Å². The Morgan fingerprint density at radius 1 is 1.04 bits per heavy atom. The average Bonchev–Trinajstić information content (AvgIpc) is 2.92. The van der Waals surface area contributed by atoms with Crippen molar-refractivity contribution in [2.75, 3.05) is 6.54 Å². The molecule has 0 saturated heterocycles. The molecule has 0 bridgehead atoms. The minimum atomic E-state index is -4.36. The summed E-state index contributed by atoms with van der Waals surface area (Å²) in [6.07, 6.45) is -1.82. The molecule has 0 spiro atoms. The van der Waals surface area contributed by atoms with Crippen molar-refractivity contribution in [1.82, 2.24) is 4.98 Å². The number of hydrogen-bond donors (Lipinski definition) is 2. The highest BCUT2D eigenvalue weighted by molar-refractivity contribution is 9.10. The van der Waals surface area contributed by atoms with E-state index in [1.54, 1.807) is 6.07 Å². The minimum Gasteiger partial charge on any atom is -0.354 e. The summed E-state index contributed by atoms with van der Waals surface area (Å²) in [4.78, 5) is 3.29. The maximum absolute atomic E-state index is 13.1. The van der Waals surface area contributed by atoms with E-state index in [9.17, 15) is 13.2 Å². The lowest BCUT2D eigenvalue weighted by molar-refractivity contribution is -0.137. The van der Waals surface area contributed by atoms with Gasteiger partial charge in [0.25, 0.3) is 0 Å². The number of unbranched alkanes of at least 4 members (excludes halogenated alkanes) is 1. The van der Waals surface area contributed by atoms with Crippen LogP contribution in [0.4, 0.5) is 13.2 Å². The Balaban J connectivity index is 2.13. The molecule has 3 aromatic rings. The Hall–Kier alpha value is -1.79. The van der Waals surface area contributed by atoms with Crippen LogP contribution in [0.5, 0.6) is 0 Å². The van der Waals surface area contributed by atoms with Crippen molar-refractivity contribution in [3.05, 3.63) is 58.1 Å². The standard InChI is InChI=1S/C19H18BrF3N2/c20-14-7-8-17-16(11-14)15(6-1-2-9-24)18(25-17)12-4-3-5-13(10-12)19(21,22)23/h3-5,7-8,10-11,25H,1-2,6,9,24H2. The first-order chi connectivity index (χ1) is 11.9. The molecule has 0 radical (unpaired) electrons. The lowest BCUT2D eigenvalue weighted by Gasteiger charge is -2.10. The summed E-state index contributed by atoms with van der Waals surface area (Å²) >= 11 is 3.47. The normalized spacial score (nSPS) is 12.0. The summed E-state index contributed by atoms with van der Waals surface area (Å²) < 4.78 is 40.1. The maximum Gasteiger partial charge on any atom is 0.416 e. The Kier molecular flexibility index (Phi) is 5.20. The summed E-state index contributed by atoms with van der Waals surface area (Å²) in [5.74, 6) is 0. The van der Waals surface area contributed by atoms with Crippen LogP contribution in [0.2, 0.25) is 0 Å². The van der Waals surface area contributed by atoms with E-state index in [0.29, 0.717) is 12.1 Å². The van der Waals surface area contributed by atoms with E-state index < -0.39 is 11.7 Å². The van der Waals surface area contributed by atoms with Crippen molar-refractivity contribution in [1.29, 1.82) is 0 Å². The van der Waals surface area contributed by atoms with Gasteiger partial charge in [-0.05, 0) is 67.3 Å². The van der Waals surface area contributed by atoms with Gasteiger partial charge in [-0.25, -0.2) is 0 Å². The Morgan fingerprint density at radius 2 is 1.84 bits per heavy atom. The second-order valence-electron chi connectivity index (χ2n) is 5.99. The lowest BCUT2D eigenvalue weighted by atomic mass is 9.99. The van der Waals surface area contributed by atoms with E-state index in [1.807, 2.05) is 18.2 Å². The average molecular weight is 411 g/mol. The van der Waals surface area contributed by atoms with Gasteiger partial charge in [0, 0.05) is 21.1 Å². The van der Waals surface area contributed by atoms with Crippen molar-refractivity contribution in [2.45, 2.75) is 25.4 Å². The topological polar surface area (TPSA) is 41.8 Å². The van der Waals surface area contributed by atoms with Crippen LogP contribution >= 0.6 is 15.9 Å². The van der Waals surface area contributed by atoms with Crippen LogP contribution in [0, 0.1) is 0 Å². The highest BCUT2D eigenvalue weighted by Crippen LogP contribution is 2.36. The van der Waals surface area contributed by atoms with Gasteiger partial charge in [-0.3, -0.25) is 0 Å². The van der Waals surface area contributed by atoms with E-state index in [-0.39, 0.29) is 0 Å². The zero-order valence-electron chi connectivity index (χ0n) is 13.5. The van der Waals surface area contributed by atoms with Gasteiger partial charge in [0.15, 0.2) is 0 Å². The quantitative estimate of drug-likeness (QED) is 0.505. The number of aromatic amines is 1. The zero-order valence-corrected chi connectivity index (χ0v) is 15.0. The van der Waals surface area contributed by atoms with Gasteiger partial charge < -0.3 is 10.7 Å². The first-order valence-corrected chi connectivity index (χ1v) is 8.87. The van der Waals surface area contributed by atoms with E-state index >= 15 is 0 Å². The van der Waals surface area contributed by atoms with Gasteiger partial charge in [0.1, 0.15) is 0 Å². The molecule has 0 fully saturated rings. The fourth-order valence-electron chi connectivity index (χ4n) is 3.02. The van der Waals surface area contributed by atoms with E-state index in [4.69, 9.17) is 5.73 Å². The Bertz CT molecular complexity index is 884. The molecule has 2 aromatic carbocycles. The molecule has 3 rings (SSSR count). The molecule has 0 saturated carbocycles. The van der Waals surface area contributed by atoms with Gasteiger partial charge in [-0.2, -0.15) is 13.2 Å². The zero-order chi connectivity index (χ0) is 18.0. The monoisotopic (exact) mass is 410 g/mol. The Morgan fingerprint density at radius 3 is 2.56 bits per heavy atom. The summed E-state index contributed by atoms with van der Waals surface area (Å²) in [6, 6.07) is 11.3. The first kappa shape index (κ1) is 18.0. The highest BCUT2D eigenvalue weighted by Gasteiger charge is 2.30. The molecule has 2 nitrogen and oxygen atoms in total. The minimum absolute atomic E-state index is 0.546. The highest BCUT2D eigenvalue weighted by atomic mass is 79.9. The number of hydrogen-bond acceptors (Lipinski definition) is 1. The molecular weight excluding hydrogens is 393 g/mol. The van der Waals surface area contributed by atoms with Gasteiger partial charge in [0.2, 0.25) is 0 Å². The van der Waals surface area contributed by atoms with Crippen molar-refractivity contribution in [3.8, 4) is 11.3 Å². The largest absolute Gasteiger partial charge is 0.416 e. The van der Waals surface area contributed by atoms with Crippen molar-refractivity contribution < 1.29 is 13.2 Å². The van der Waals surface area contributed by atoms with Gasteiger partial charge in [0.05, 0.1) is 5.56 Å². The number of alkyl halides is 3. The molecule has 1 aromatic heterocycles. The molecule has 0 aliphatic rings. The maximum atomic E-state index is 13.1. The number of aromatic nitrogens is 1. The number of H-pyrrole nitrogens is 1. The van der Waals surface area contributed by atoms with Crippen LogP contribution in [-0.2, 0) is 12.6 Å². The fraction of sp³-hybridized carbons (Fsp3) is 0.263. The smallest absolute Gasteiger partial charge is 0.354 e. The van der Waals surface area contributed by atoms with E-state index in [1.165, 1.54) is 12.1 Å². The van der Waals surface area contributed by atoms with Crippen LogP contribution in [0.25, 0.3) is 22.2 Å². The van der Waals surface area contributed by atoms with Crippen LogP contribution in [0.15, 0.2) is 46.9 Å². The van der Waals surface area contributed by atoms with Crippen molar-refractivity contribution in [3.63, 3.8) is 0 Å². The predicted molar refractivity (Wildman–Crippen MR) is 98.4 cm³/mol. The number of aryl methyl sites for hydroxylation is 1. The van der Waals surface area contributed by atoms with E-state index in [2.05, 4.69) is 20.9 Å². The number of nitrogens with two attached hydrogens (primary N) is 1. The molecule has 25 heavy (non-hydrogen) atoms. The molecule has 0 aliphatic heterocycles. The van der Waals surface area contributed by atoms with Gasteiger partial charge in [-0.15, -0.1) is 0 Å². The third-order valence-corrected chi connectivity index (χ3v) is 4.72. The predicted octanol–water partition coefficient (Wildman–Crippen LogP) is 5.90. The second kappa shape index (κ2) is 7.22. The number of nitrogens with one attached hydrogen (secondary N) is 1. The van der Waals surface area contributed by atoms with Crippen LogP contribution < -0.4 is 5.73 Å². The summed E-state index contributed by atoms with van der Waals surface area (Å²) in [5.41, 5.74) is 8.18. The van der Waals surface area contributed by atoms with E-state index in [0.717, 1.165) is 52.0 Å². The number of rotatable bonds is 5. The number of benzene rings is 2. The molecule has 0 aliphatic carbocycles. The molecule has 132 valence electrons. The van der Waals surface area contributed by atoms with Crippen LogP contribution in [0.1, 0.15) is 24.0 Å². The second-order valence-corrected chi connectivity index (χ2v) is 6.91. The molecule has 1 heterocycles. The third-order valence-electron chi connectivity index (χ3n) is 4.23. The van der Waals surface area contributed by atoms with Crippen molar-refractivity contribution >= 4 is 26.8 Å². The number of fused-ring (bicyclic) bond motifs is 1. The number of halogens is 4. The summed E-state index contributed by atoms with van der Waals surface area (Å²) in [6.45, 7) is 0.602. The van der Waals surface area contributed by atoms with Crippen LogP contribution in [0.3, 0.4) is 0 Å².